The van der Waals surface area contributed by atoms with Crippen LogP contribution < -0.4 is 5.90 Å². The number of hydrogen-bond donors (Lipinski definition) is 1. The normalized spacial score (nSPS) is 30.0. The summed E-state index contributed by atoms with van der Waals surface area (Å²) in [6, 6.07) is 0. The molecule has 0 aromatic carbocycles. The molecule has 0 amide bonds. The standard InChI is InChI=1S/C7H16N2O/c1-9-5-3-2-4-7(6-9)10-8/h7H,2-6,8H2,1H3/t7-/m1/s1. The minimum atomic E-state index is 0.257. The molecule has 0 unspecified atom stereocenters. The predicted octanol–water partition coefficient (Wildman–Crippen LogP) is 0.361. The monoisotopic (exact) mass is 144 g/mol. The SMILES string of the molecule is CN1CCCC[C@@H](ON)C1. The lowest BCUT2D eigenvalue weighted by atomic mass is 10.2. The van der Waals surface area contributed by atoms with Crippen LogP contribution in [0.4, 0.5) is 0 Å². The van der Waals surface area contributed by atoms with Gasteiger partial charge in [-0.15, -0.1) is 0 Å². The van der Waals surface area contributed by atoms with Crippen molar-refractivity contribution in [1.82, 2.24) is 4.90 Å². The van der Waals surface area contributed by atoms with Gasteiger partial charge in [-0.25, -0.2) is 5.90 Å². The summed E-state index contributed by atoms with van der Waals surface area (Å²) in [6.07, 6.45) is 3.89. The molecule has 3 nitrogen and oxygen atoms in total. The highest BCUT2D eigenvalue weighted by atomic mass is 16.6. The number of likely N-dealkylation sites (N-methyl/N-ethyl adjacent to an activating group) is 1. The first-order valence-electron chi connectivity index (χ1n) is 3.87. The molecule has 0 aliphatic carbocycles. The molecular weight excluding hydrogens is 128 g/mol. The molecule has 1 atom stereocenters. The van der Waals surface area contributed by atoms with Crippen molar-refractivity contribution in [3.05, 3.63) is 0 Å². The number of nitrogens with two attached hydrogens (primary N) is 1. The molecule has 2 N–H and O–H groups in total. The van der Waals surface area contributed by atoms with E-state index in [4.69, 9.17) is 10.7 Å². The summed E-state index contributed by atoms with van der Waals surface area (Å²) in [7, 11) is 2.11. The Balaban J connectivity index is 2.30. The second-order valence-corrected chi connectivity index (χ2v) is 3.02. The van der Waals surface area contributed by atoms with Crippen LogP contribution in [0.5, 0.6) is 0 Å². The lowest BCUT2D eigenvalue weighted by Crippen LogP contribution is -2.30. The van der Waals surface area contributed by atoms with E-state index in [1.165, 1.54) is 19.4 Å². The number of nitrogens with zero attached hydrogens (tertiary/aromatic N) is 1. The van der Waals surface area contributed by atoms with Gasteiger partial charge < -0.3 is 4.90 Å². The van der Waals surface area contributed by atoms with Crippen molar-refractivity contribution in [2.24, 2.45) is 5.90 Å². The van der Waals surface area contributed by atoms with Crippen molar-refractivity contribution in [3.63, 3.8) is 0 Å². The first-order valence-corrected chi connectivity index (χ1v) is 3.87. The van der Waals surface area contributed by atoms with Crippen molar-refractivity contribution in [1.29, 1.82) is 0 Å². The summed E-state index contributed by atoms with van der Waals surface area (Å²) >= 11 is 0. The summed E-state index contributed by atoms with van der Waals surface area (Å²) in [6.45, 7) is 2.16. The summed E-state index contributed by atoms with van der Waals surface area (Å²) < 4.78 is 0. The molecule has 0 bridgehead atoms. The van der Waals surface area contributed by atoms with Gasteiger partial charge >= 0.3 is 0 Å². The second-order valence-electron chi connectivity index (χ2n) is 3.02. The average molecular weight is 144 g/mol. The summed E-state index contributed by atoms with van der Waals surface area (Å²) in [5, 5.41) is 0. The zero-order valence-corrected chi connectivity index (χ0v) is 6.55. The zero-order chi connectivity index (χ0) is 7.40. The maximum absolute atomic E-state index is 5.11. The average Bonchev–Trinajstić information content (AvgIpc) is 2.13. The van der Waals surface area contributed by atoms with E-state index >= 15 is 0 Å². The van der Waals surface area contributed by atoms with Crippen LogP contribution in [0.2, 0.25) is 0 Å². The third-order valence-corrected chi connectivity index (χ3v) is 2.02. The number of rotatable bonds is 1. The maximum atomic E-state index is 5.11. The lowest BCUT2D eigenvalue weighted by molar-refractivity contribution is 0.0331. The second kappa shape index (κ2) is 3.91. The van der Waals surface area contributed by atoms with Gasteiger partial charge in [0, 0.05) is 6.54 Å². The van der Waals surface area contributed by atoms with E-state index in [9.17, 15) is 0 Å². The van der Waals surface area contributed by atoms with Gasteiger partial charge in [0.25, 0.3) is 0 Å². The van der Waals surface area contributed by atoms with E-state index in [2.05, 4.69) is 11.9 Å². The first kappa shape index (κ1) is 7.98. The molecule has 1 aliphatic heterocycles. The Kier molecular flexibility index (Phi) is 3.12. The summed E-state index contributed by atoms with van der Waals surface area (Å²) in [5.74, 6) is 5.11. The third-order valence-electron chi connectivity index (χ3n) is 2.02. The minimum absolute atomic E-state index is 0.257. The Bertz CT molecular complexity index is 97.6. The van der Waals surface area contributed by atoms with E-state index in [1.54, 1.807) is 0 Å². The molecule has 10 heavy (non-hydrogen) atoms. The Labute approximate surface area is 62.1 Å². The number of likely N-dealkylation sites (tertiary alicyclic amines) is 1. The topological polar surface area (TPSA) is 38.5 Å². The molecule has 0 aromatic rings. The van der Waals surface area contributed by atoms with Crippen LogP contribution in [0.1, 0.15) is 19.3 Å². The molecule has 0 spiro atoms. The fraction of sp³-hybridized carbons (Fsp3) is 1.00. The van der Waals surface area contributed by atoms with E-state index in [-0.39, 0.29) is 6.10 Å². The highest BCUT2D eigenvalue weighted by Crippen LogP contribution is 2.10. The maximum Gasteiger partial charge on any atom is 0.0913 e. The van der Waals surface area contributed by atoms with E-state index in [0.29, 0.717) is 0 Å². The Morgan fingerprint density at radius 3 is 3.00 bits per heavy atom. The van der Waals surface area contributed by atoms with Gasteiger partial charge in [0.1, 0.15) is 0 Å². The van der Waals surface area contributed by atoms with Crippen LogP contribution in [0.25, 0.3) is 0 Å². The van der Waals surface area contributed by atoms with Crippen LogP contribution >= 0.6 is 0 Å². The highest BCUT2D eigenvalue weighted by Gasteiger charge is 2.14. The molecule has 3 heteroatoms. The van der Waals surface area contributed by atoms with Gasteiger partial charge in [0.2, 0.25) is 0 Å². The van der Waals surface area contributed by atoms with Crippen LogP contribution in [0, 0.1) is 0 Å². The van der Waals surface area contributed by atoms with Gasteiger partial charge in [-0.2, -0.15) is 0 Å². The van der Waals surface area contributed by atoms with Crippen molar-refractivity contribution in [2.75, 3.05) is 20.1 Å². The lowest BCUT2D eigenvalue weighted by Gasteiger charge is -2.17. The fourth-order valence-electron chi connectivity index (χ4n) is 1.40. The van der Waals surface area contributed by atoms with Crippen molar-refractivity contribution in [3.8, 4) is 0 Å². The third kappa shape index (κ3) is 2.25. The smallest absolute Gasteiger partial charge is 0.0913 e. The molecule has 1 saturated heterocycles. The Morgan fingerprint density at radius 2 is 2.30 bits per heavy atom. The van der Waals surface area contributed by atoms with Crippen LogP contribution in [0.15, 0.2) is 0 Å². The Morgan fingerprint density at radius 1 is 1.50 bits per heavy atom. The molecule has 0 saturated carbocycles. The van der Waals surface area contributed by atoms with Crippen LogP contribution in [-0.2, 0) is 4.84 Å². The molecule has 0 radical (unpaired) electrons. The molecule has 1 heterocycles. The van der Waals surface area contributed by atoms with Crippen LogP contribution in [-0.4, -0.2) is 31.1 Å². The predicted molar refractivity (Wildman–Crippen MR) is 40.4 cm³/mol. The molecule has 1 fully saturated rings. The quantitative estimate of drug-likeness (QED) is 0.540. The van der Waals surface area contributed by atoms with Gasteiger partial charge in [-0.1, -0.05) is 0 Å². The van der Waals surface area contributed by atoms with Gasteiger partial charge in [-0.3, -0.25) is 4.84 Å². The molecule has 1 rings (SSSR count). The zero-order valence-electron chi connectivity index (χ0n) is 6.55. The number of hydrogen-bond acceptors (Lipinski definition) is 3. The van der Waals surface area contributed by atoms with Crippen LogP contribution in [0.3, 0.4) is 0 Å². The fourth-order valence-corrected chi connectivity index (χ4v) is 1.40. The highest BCUT2D eigenvalue weighted by molar-refractivity contribution is 4.67. The van der Waals surface area contributed by atoms with Gasteiger partial charge in [-0.05, 0) is 32.9 Å². The van der Waals surface area contributed by atoms with Crippen molar-refractivity contribution in [2.45, 2.75) is 25.4 Å². The van der Waals surface area contributed by atoms with E-state index < -0.39 is 0 Å². The summed E-state index contributed by atoms with van der Waals surface area (Å²) in [4.78, 5) is 7.07. The minimum Gasteiger partial charge on any atom is -0.304 e. The molecule has 1 aliphatic rings. The van der Waals surface area contributed by atoms with Gasteiger partial charge in [0.05, 0.1) is 6.10 Å². The van der Waals surface area contributed by atoms with Crippen molar-refractivity contribution < 1.29 is 4.84 Å². The Hall–Kier alpha value is -0.120. The molecule has 60 valence electrons. The molecular formula is C7H16N2O. The van der Waals surface area contributed by atoms with E-state index in [0.717, 1.165) is 13.0 Å². The van der Waals surface area contributed by atoms with E-state index in [1.807, 2.05) is 0 Å². The first-order chi connectivity index (χ1) is 4.83. The van der Waals surface area contributed by atoms with Gasteiger partial charge in [0.15, 0.2) is 0 Å². The summed E-state index contributed by atoms with van der Waals surface area (Å²) in [5.41, 5.74) is 0. The largest absolute Gasteiger partial charge is 0.304 e. The van der Waals surface area contributed by atoms with Crippen molar-refractivity contribution >= 4 is 0 Å². The molecule has 0 aromatic heterocycles.